The fourth-order valence-corrected chi connectivity index (χ4v) is 2.64. The maximum absolute atomic E-state index is 11.9. The first kappa shape index (κ1) is 13.0. The van der Waals surface area contributed by atoms with Crippen molar-refractivity contribution in [2.45, 2.75) is 13.3 Å². The summed E-state index contributed by atoms with van der Waals surface area (Å²) in [5, 5.41) is 8.97. The molecule has 0 spiro atoms. The molecule has 1 aliphatic heterocycles. The van der Waals surface area contributed by atoms with E-state index in [0.717, 1.165) is 22.8 Å². The molecule has 1 aliphatic rings. The van der Waals surface area contributed by atoms with Crippen molar-refractivity contribution in [3.8, 4) is 0 Å². The van der Waals surface area contributed by atoms with Crippen molar-refractivity contribution in [3.63, 3.8) is 0 Å². The van der Waals surface area contributed by atoms with Gasteiger partial charge in [-0.25, -0.2) is 4.79 Å². The zero-order valence-corrected chi connectivity index (χ0v) is 11.0. The van der Waals surface area contributed by atoms with Crippen molar-refractivity contribution < 1.29 is 14.7 Å². The fraction of sp³-hybridized carbons (Fsp3) is 0.385. The smallest absolute Gasteiger partial charge is 0.335 e. The summed E-state index contributed by atoms with van der Waals surface area (Å²) >= 11 is 1.77. The molecule has 0 saturated heterocycles. The van der Waals surface area contributed by atoms with E-state index in [1.165, 1.54) is 0 Å². The summed E-state index contributed by atoms with van der Waals surface area (Å²) in [5.41, 5.74) is 1.92. The summed E-state index contributed by atoms with van der Waals surface area (Å²) in [5.74, 6) is 0.993. The Balaban J connectivity index is 2.22. The van der Waals surface area contributed by atoms with Crippen LogP contribution in [0.3, 0.4) is 0 Å². The van der Waals surface area contributed by atoms with Crippen LogP contribution in [0.25, 0.3) is 0 Å². The van der Waals surface area contributed by atoms with Gasteiger partial charge in [-0.2, -0.15) is 11.8 Å². The van der Waals surface area contributed by atoms with Crippen LogP contribution in [-0.2, 0) is 11.2 Å². The largest absolute Gasteiger partial charge is 0.478 e. The molecule has 1 amide bonds. The third-order valence-corrected chi connectivity index (χ3v) is 3.81. The molecule has 1 heterocycles. The molecule has 4 nitrogen and oxygen atoms in total. The first-order valence-electron chi connectivity index (χ1n) is 5.87. The summed E-state index contributed by atoms with van der Waals surface area (Å²) in [7, 11) is 0. The Hall–Kier alpha value is -1.49. The Kier molecular flexibility index (Phi) is 3.91. The number of fused-ring (bicyclic) bond motifs is 1. The summed E-state index contributed by atoms with van der Waals surface area (Å²) in [6.07, 6.45) is 0.381. The van der Waals surface area contributed by atoms with Crippen molar-refractivity contribution in [2.75, 3.05) is 23.0 Å². The summed E-state index contributed by atoms with van der Waals surface area (Å²) in [4.78, 5) is 24.5. The minimum absolute atomic E-state index is 0.0595. The minimum Gasteiger partial charge on any atom is -0.478 e. The molecule has 18 heavy (non-hydrogen) atoms. The second-order valence-corrected chi connectivity index (χ2v) is 5.46. The molecule has 1 aromatic rings. The highest BCUT2D eigenvalue weighted by molar-refractivity contribution is 7.99. The van der Waals surface area contributed by atoms with Gasteiger partial charge in [-0.3, -0.25) is 4.79 Å². The number of carboxylic acid groups (broad SMARTS) is 1. The van der Waals surface area contributed by atoms with Crippen molar-refractivity contribution in [2.24, 2.45) is 0 Å². The molecule has 0 aromatic heterocycles. The number of carbonyl (C=O) groups is 2. The lowest BCUT2D eigenvalue weighted by molar-refractivity contribution is -0.117. The number of anilines is 1. The average Bonchev–Trinajstić information content (AvgIpc) is 2.65. The second-order valence-electron chi connectivity index (χ2n) is 4.07. The monoisotopic (exact) mass is 265 g/mol. The maximum Gasteiger partial charge on any atom is 0.335 e. The van der Waals surface area contributed by atoms with Crippen molar-refractivity contribution in [1.29, 1.82) is 0 Å². The van der Waals surface area contributed by atoms with Crippen LogP contribution in [0.1, 0.15) is 22.8 Å². The Morgan fingerprint density at radius 2 is 2.28 bits per heavy atom. The first-order chi connectivity index (χ1) is 8.63. The molecule has 5 heteroatoms. The van der Waals surface area contributed by atoms with Crippen LogP contribution in [0, 0.1) is 0 Å². The van der Waals surface area contributed by atoms with Gasteiger partial charge in [-0.05, 0) is 23.4 Å². The average molecular weight is 265 g/mol. The maximum atomic E-state index is 11.9. The number of benzene rings is 1. The molecule has 0 radical (unpaired) electrons. The van der Waals surface area contributed by atoms with E-state index in [1.807, 2.05) is 0 Å². The number of amides is 1. The number of thioether (sulfide) groups is 1. The quantitative estimate of drug-likeness (QED) is 0.828. The van der Waals surface area contributed by atoms with Crippen LogP contribution >= 0.6 is 11.8 Å². The van der Waals surface area contributed by atoms with Crippen LogP contribution in [-0.4, -0.2) is 35.0 Å². The van der Waals surface area contributed by atoms with E-state index in [-0.39, 0.29) is 11.5 Å². The van der Waals surface area contributed by atoms with E-state index < -0.39 is 5.97 Å². The van der Waals surface area contributed by atoms with Crippen LogP contribution in [0.2, 0.25) is 0 Å². The molecule has 0 unspecified atom stereocenters. The minimum atomic E-state index is -0.958. The Morgan fingerprint density at radius 3 is 2.94 bits per heavy atom. The SMILES string of the molecule is CCSCCN1C(=O)Cc2ccc(C(=O)O)cc21. The first-order valence-corrected chi connectivity index (χ1v) is 7.03. The molecule has 0 fully saturated rings. The van der Waals surface area contributed by atoms with Gasteiger partial charge in [0.2, 0.25) is 5.91 Å². The third-order valence-electron chi connectivity index (χ3n) is 2.93. The number of carbonyl (C=O) groups excluding carboxylic acids is 1. The standard InChI is InChI=1S/C13H15NO3S/c1-2-18-6-5-14-11-7-10(13(16)17)4-3-9(11)8-12(14)15/h3-4,7H,2,5-6,8H2,1H3,(H,16,17). The lowest BCUT2D eigenvalue weighted by atomic mass is 10.1. The number of aromatic carboxylic acids is 1. The topological polar surface area (TPSA) is 57.6 Å². The lowest BCUT2D eigenvalue weighted by Gasteiger charge is -2.17. The number of hydrogen-bond acceptors (Lipinski definition) is 3. The predicted molar refractivity (Wildman–Crippen MR) is 72.5 cm³/mol. The Labute approximate surface area is 110 Å². The lowest BCUT2D eigenvalue weighted by Crippen LogP contribution is -2.29. The van der Waals surface area contributed by atoms with E-state index in [9.17, 15) is 9.59 Å². The predicted octanol–water partition coefficient (Wildman–Crippen LogP) is 2.03. The van der Waals surface area contributed by atoms with Gasteiger partial charge in [0.25, 0.3) is 0 Å². The van der Waals surface area contributed by atoms with Crippen LogP contribution < -0.4 is 4.90 Å². The summed E-state index contributed by atoms with van der Waals surface area (Å²) in [6.45, 7) is 2.72. The van der Waals surface area contributed by atoms with Gasteiger partial charge >= 0.3 is 5.97 Å². The van der Waals surface area contributed by atoms with Crippen LogP contribution in [0.15, 0.2) is 18.2 Å². The van der Waals surface area contributed by atoms with E-state index in [2.05, 4.69) is 6.92 Å². The third kappa shape index (κ3) is 2.51. The number of carboxylic acids is 1. The van der Waals surface area contributed by atoms with E-state index in [1.54, 1.807) is 34.9 Å². The van der Waals surface area contributed by atoms with E-state index in [4.69, 9.17) is 5.11 Å². The van der Waals surface area contributed by atoms with Crippen molar-refractivity contribution >= 4 is 29.3 Å². The second kappa shape index (κ2) is 5.44. The number of nitrogens with zero attached hydrogens (tertiary/aromatic N) is 1. The summed E-state index contributed by atoms with van der Waals surface area (Å²) < 4.78 is 0. The molecule has 1 N–H and O–H groups in total. The molecule has 0 saturated carbocycles. The van der Waals surface area contributed by atoms with E-state index in [0.29, 0.717) is 13.0 Å². The Bertz CT molecular complexity index is 487. The molecule has 0 aliphatic carbocycles. The molecule has 0 atom stereocenters. The van der Waals surface area contributed by atoms with Gasteiger partial charge in [0.05, 0.1) is 12.0 Å². The van der Waals surface area contributed by atoms with E-state index >= 15 is 0 Å². The number of rotatable bonds is 5. The van der Waals surface area contributed by atoms with Crippen LogP contribution in [0.5, 0.6) is 0 Å². The van der Waals surface area contributed by atoms with Crippen LogP contribution in [0.4, 0.5) is 5.69 Å². The highest BCUT2D eigenvalue weighted by Gasteiger charge is 2.27. The molecule has 0 bridgehead atoms. The van der Waals surface area contributed by atoms with Gasteiger partial charge < -0.3 is 10.0 Å². The molecule has 1 aromatic carbocycles. The molecule has 2 rings (SSSR count). The highest BCUT2D eigenvalue weighted by Crippen LogP contribution is 2.30. The van der Waals surface area contributed by atoms with Crippen molar-refractivity contribution in [1.82, 2.24) is 0 Å². The molecular weight excluding hydrogens is 250 g/mol. The Morgan fingerprint density at radius 1 is 1.50 bits per heavy atom. The number of hydrogen-bond donors (Lipinski definition) is 1. The molecular formula is C13H15NO3S. The highest BCUT2D eigenvalue weighted by atomic mass is 32.2. The molecule has 96 valence electrons. The normalized spacial score (nSPS) is 13.8. The van der Waals surface area contributed by atoms with Gasteiger partial charge in [0, 0.05) is 18.0 Å². The van der Waals surface area contributed by atoms with Gasteiger partial charge in [0.15, 0.2) is 0 Å². The summed E-state index contributed by atoms with van der Waals surface area (Å²) in [6, 6.07) is 4.89. The van der Waals surface area contributed by atoms with Gasteiger partial charge in [0.1, 0.15) is 0 Å². The fourth-order valence-electron chi connectivity index (χ4n) is 2.04. The van der Waals surface area contributed by atoms with Gasteiger partial charge in [-0.15, -0.1) is 0 Å². The zero-order chi connectivity index (χ0) is 13.1. The van der Waals surface area contributed by atoms with Crippen molar-refractivity contribution in [3.05, 3.63) is 29.3 Å². The van der Waals surface area contributed by atoms with Gasteiger partial charge in [-0.1, -0.05) is 13.0 Å². The zero-order valence-electron chi connectivity index (χ0n) is 10.2.